The summed E-state index contributed by atoms with van der Waals surface area (Å²) < 4.78 is 10.4. The van der Waals surface area contributed by atoms with Crippen LogP contribution in [0.4, 0.5) is 16.4 Å². The van der Waals surface area contributed by atoms with E-state index in [4.69, 9.17) is 4.74 Å². The summed E-state index contributed by atoms with van der Waals surface area (Å²) >= 11 is 0. The molecule has 2 amide bonds. The molecule has 2 aromatic heterocycles. The fourth-order valence-corrected chi connectivity index (χ4v) is 3.32. The van der Waals surface area contributed by atoms with Gasteiger partial charge in [-0.3, -0.25) is 14.8 Å². The van der Waals surface area contributed by atoms with Gasteiger partial charge in [-0.1, -0.05) is 0 Å². The summed E-state index contributed by atoms with van der Waals surface area (Å²) in [5, 5.41) is 15.5. The van der Waals surface area contributed by atoms with Gasteiger partial charge in [-0.25, -0.2) is 9.78 Å². The van der Waals surface area contributed by atoms with Crippen LogP contribution in [0.5, 0.6) is 5.75 Å². The molecule has 11 nitrogen and oxygen atoms in total. The van der Waals surface area contributed by atoms with E-state index in [-0.39, 0.29) is 11.6 Å². The smallest absolute Gasteiger partial charge is 0.406 e. The van der Waals surface area contributed by atoms with Crippen molar-refractivity contribution in [2.24, 2.45) is 0 Å². The standard InChI is InChI=1S/C21H31N7O4/c1-15-12-19(27-26-15)25-18-14-16(32-11-10-28-8-3-4-9-28)13-17(24-18)20(29)22-6-5-7-23-21(30)31-2/h12-14H,3-11H2,1-2H3,(H,22,29)(H,23,30)(H2,24,25,26,27). The molecular weight excluding hydrogens is 414 g/mol. The Morgan fingerprint density at radius 3 is 2.62 bits per heavy atom. The lowest BCUT2D eigenvalue weighted by molar-refractivity contribution is 0.0948. The predicted octanol–water partition coefficient (Wildman–Crippen LogP) is 1.81. The largest absolute Gasteiger partial charge is 0.492 e. The number of H-pyrrole nitrogens is 1. The number of amides is 2. The van der Waals surface area contributed by atoms with Gasteiger partial charge in [0, 0.05) is 43.5 Å². The fourth-order valence-electron chi connectivity index (χ4n) is 3.32. The lowest BCUT2D eigenvalue weighted by atomic mass is 10.3. The zero-order valence-corrected chi connectivity index (χ0v) is 18.6. The molecule has 1 saturated heterocycles. The van der Waals surface area contributed by atoms with E-state index >= 15 is 0 Å². The van der Waals surface area contributed by atoms with Crippen LogP contribution in [0.1, 0.15) is 35.4 Å². The third-order valence-electron chi connectivity index (χ3n) is 4.96. The van der Waals surface area contributed by atoms with E-state index in [2.05, 4.69) is 40.8 Å². The van der Waals surface area contributed by atoms with Gasteiger partial charge < -0.3 is 25.4 Å². The minimum Gasteiger partial charge on any atom is -0.492 e. The number of carbonyl (C=O) groups excluding carboxylic acids is 2. The Kier molecular flexibility index (Phi) is 8.67. The molecule has 0 unspecified atom stereocenters. The number of carbonyl (C=O) groups is 2. The summed E-state index contributed by atoms with van der Waals surface area (Å²) in [5.41, 5.74) is 1.14. The van der Waals surface area contributed by atoms with E-state index in [1.54, 1.807) is 12.1 Å². The molecule has 3 rings (SSSR count). The molecule has 2 aromatic rings. The monoisotopic (exact) mass is 445 g/mol. The molecule has 0 saturated carbocycles. The number of rotatable bonds is 11. The fraction of sp³-hybridized carbons (Fsp3) is 0.524. The number of methoxy groups -OCH3 is 1. The predicted molar refractivity (Wildman–Crippen MR) is 119 cm³/mol. The molecular formula is C21H31N7O4. The van der Waals surface area contributed by atoms with Crippen LogP contribution in [-0.2, 0) is 4.74 Å². The molecule has 0 atom stereocenters. The molecule has 11 heteroatoms. The Bertz CT molecular complexity index is 896. The third-order valence-corrected chi connectivity index (χ3v) is 4.96. The zero-order valence-electron chi connectivity index (χ0n) is 18.6. The number of hydrogen-bond donors (Lipinski definition) is 4. The number of aromatic amines is 1. The van der Waals surface area contributed by atoms with Gasteiger partial charge in [-0.15, -0.1) is 0 Å². The van der Waals surface area contributed by atoms with Gasteiger partial charge in [-0.2, -0.15) is 5.10 Å². The second kappa shape index (κ2) is 11.9. The van der Waals surface area contributed by atoms with E-state index < -0.39 is 6.09 Å². The number of aryl methyl sites for hydroxylation is 1. The SMILES string of the molecule is COC(=O)NCCCNC(=O)c1cc(OCCN2CCCC2)cc(Nc2cc(C)[nH]n2)n1. The van der Waals surface area contributed by atoms with Crippen LogP contribution in [0, 0.1) is 6.92 Å². The minimum atomic E-state index is -0.499. The summed E-state index contributed by atoms with van der Waals surface area (Å²) in [4.78, 5) is 30.5. The highest BCUT2D eigenvalue weighted by Gasteiger charge is 2.14. The number of likely N-dealkylation sites (tertiary alicyclic amines) is 1. The Morgan fingerprint density at radius 1 is 1.12 bits per heavy atom. The maximum atomic E-state index is 12.6. The molecule has 0 radical (unpaired) electrons. The van der Waals surface area contributed by atoms with Crippen LogP contribution in [-0.4, -0.2) is 78.5 Å². The lowest BCUT2D eigenvalue weighted by Gasteiger charge is -2.16. The second-order valence-electron chi connectivity index (χ2n) is 7.56. The highest BCUT2D eigenvalue weighted by atomic mass is 16.5. The Morgan fingerprint density at radius 2 is 1.91 bits per heavy atom. The summed E-state index contributed by atoms with van der Waals surface area (Å²) in [7, 11) is 1.30. The maximum Gasteiger partial charge on any atom is 0.406 e. The first-order valence-corrected chi connectivity index (χ1v) is 10.8. The first-order valence-electron chi connectivity index (χ1n) is 10.8. The van der Waals surface area contributed by atoms with E-state index in [1.807, 2.05) is 13.0 Å². The van der Waals surface area contributed by atoms with Crippen molar-refractivity contribution in [1.29, 1.82) is 0 Å². The Labute approximate surface area is 187 Å². The highest BCUT2D eigenvalue weighted by Crippen LogP contribution is 2.21. The van der Waals surface area contributed by atoms with Gasteiger partial charge in [0.15, 0.2) is 5.82 Å². The highest BCUT2D eigenvalue weighted by molar-refractivity contribution is 5.93. The van der Waals surface area contributed by atoms with Gasteiger partial charge in [0.05, 0.1) is 7.11 Å². The third kappa shape index (κ3) is 7.41. The molecule has 4 N–H and O–H groups in total. The van der Waals surface area contributed by atoms with Gasteiger partial charge in [-0.05, 0) is 39.3 Å². The van der Waals surface area contributed by atoms with Gasteiger partial charge in [0.1, 0.15) is 23.9 Å². The van der Waals surface area contributed by atoms with E-state index in [9.17, 15) is 9.59 Å². The topological polar surface area (TPSA) is 134 Å². The van der Waals surface area contributed by atoms with Crippen LogP contribution < -0.4 is 20.7 Å². The van der Waals surface area contributed by atoms with Gasteiger partial charge >= 0.3 is 6.09 Å². The number of nitrogens with zero attached hydrogens (tertiary/aromatic N) is 3. The van der Waals surface area contributed by atoms with Crippen molar-refractivity contribution in [3.05, 3.63) is 29.6 Å². The number of ether oxygens (including phenoxy) is 2. The van der Waals surface area contributed by atoms with Crippen LogP contribution in [0.25, 0.3) is 0 Å². The molecule has 0 bridgehead atoms. The molecule has 1 aliphatic heterocycles. The van der Waals surface area contributed by atoms with Gasteiger partial charge in [0.25, 0.3) is 5.91 Å². The molecule has 0 aliphatic carbocycles. The number of pyridine rings is 1. The summed E-state index contributed by atoms with van der Waals surface area (Å²) in [6.07, 6.45) is 2.52. The van der Waals surface area contributed by atoms with Crippen molar-refractivity contribution < 1.29 is 19.1 Å². The number of alkyl carbamates (subject to hydrolysis) is 1. The average molecular weight is 446 g/mol. The average Bonchev–Trinajstić information content (AvgIpc) is 3.44. The quantitative estimate of drug-likeness (QED) is 0.385. The first-order chi connectivity index (χ1) is 15.5. The molecule has 1 aliphatic rings. The summed E-state index contributed by atoms with van der Waals surface area (Å²) in [5.74, 6) is 1.30. The summed E-state index contributed by atoms with van der Waals surface area (Å²) in [6.45, 7) is 6.26. The molecule has 1 fully saturated rings. The normalized spacial score (nSPS) is 13.6. The maximum absolute atomic E-state index is 12.6. The van der Waals surface area contributed by atoms with Crippen molar-refractivity contribution in [2.45, 2.75) is 26.2 Å². The van der Waals surface area contributed by atoms with Crippen LogP contribution in [0.15, 0.2) is 18.2 Å². The molecule has 3 heterocycles. The number of hydrogen-bond acceptors (Lipinski definition) is 8. The number of anilines is 2. The summed E-state index contributed by atoms with van der Waals surface area (Å²) in [6, 6.07) is 5.23. The van der Waals surface area contributed by atoms with Crippen molar-refractivity contribution in [3.8, 4) is 5.75 Å². The zero-order chi connectivity index (χ0) is 22.8. The Hall–Kier alpha value is -3.34. The first kappa shape index (κ1) is 23.3. The molecule has 0 aromatic carbocycles. The van der Waals surface area contributed by atoms with E-state index in [0.717, 1.165) is 25.3 Å². The van der Waals surface area contributed by atoms with E-state index in [1.165, 1.54) is 20.0 Å². The van der Waals surface area contributed by atoms with Crippen molar-refractivity contribution >= 4 is 23.6 Å². The van der Waals surface area contributed by atoms with E-state index in [0.29, 0.717) is 43.5 Å². The van der Waals surface area contributed by atoms with Crippen LogP contribution in [0.2, 0.25) is 0 Å². The number of nitrogens with one attached hydrogen (secondary N) is 4. The van der Waals surface area contributed by atoms with Crippen molar-refractivity contribution in [1.82, 2.24) is 30.7 Å². The van der Waals surface area contributed by atoms with Crippen LogP contribution in [0.3, 0.4) is 0 Å². The molecule has 32 heavy (non-hydrogen) atoms. The number of aromatic nitrogens is 3. The lowest BCUT2D eigenvalue weighted by Crippen LogP contribution is -2.30. The molecule has 174 valence electrons. The minimum absolute atomic E-state index is 0.236. The van der Waals surface area contributed by atoms with Crippen molar-refractivity contribution in [2.75, 3.05) is 51.8 Å². The van der Waals surface area contributed by atoms with Crippen molar-refractivity contribution in [3.63, 3.8) is 0 Å². The van der Waals surface area contributed by atoms with Gasteiger partial charge in [0.2, 0.25) is 0 Å². The van der Waals surface area contributed by atoms with Crippen LogP contribution >= 0.6 is 0 Å². The Balaban J connectivity index is 1.60. The second-order valence-corrected chi connectivity index (χ2v) is 7.56. The molecule has 0 spiro atoms.